The van der Waals surface area contributed by atoms with Crippen LogP contribution in [0, 0.1) is 18.8 Å². The average molecular weight is 483 g/mol. The molecule has 2 aromatic rings. The van der Waals surface area contributed by atoms with E-state index in [9.17, 15) is 4.79 Å². The maximum Gasteiger partial charge on any atom is 0.250 e. The second-order valence-electron chi connectivity index (χ2n) is 10.0. The Morgan fingerprint density at radius 3 is 2.76 bits per heavy atom. The molecule has 2 aliphatic rings. The zero-order chi connectivity index (χ0) is 23.9. The van der Waals surface area contributed by atoms with Crippen molar-refractivity contribution in [2.45, 2.75) is 78.2 Å². The van der Waals surface area contributed by atoms with Crippen LogP contribution in [0.2, 0.25) is 0 Å². The molecule has 1 amide bonds. The van der Waals surface area contributed by atoms with E-state index in [1.165, 1.54) is 37.1 Å². The highest BCUT2D eigenvalue weighted by atomic mass is 32.1. The van der Waals surface area contributed by atoms with Gasteiger partial charge in [-0.05, 0) is 83.2 Å². The number of rotatable bonds is 8. The van der Waals surface area contributed by atoms with Gasteiger partial charge in [0.15, 0.2) is 0 Å². The van der Waals surface area contributed by atoms with Gasteiger partial charge in [0, 0.05) is 48.6 Å². The van der Waals surface area contributed by atoms with Gasteiger partial charge in [-0.15, -0.1) is 11.3 Å². The van der Waals surface area contributed by atoms with Gasteiger partial charge in [0.05, 0.1) is 17.5 Å². The van der Waals surface area contributed by atoms with Gasteiger partial charge in [0.25, 0.3) is 5.91 Å². The number of nitrogens with zero attached hydrogens (tertiary/aromatic N) is 4. The van der Waals surface area contributed by atoms with Crippen LogP contribution in [-0.4, -0.2) is 52.7 Å². The first-order valence-corrected chi connectivity index (χ1v) is 13.6. The summed E-state index contributed by atoms with van der Waals surface area (Å²) in [5.41, 5.74) is 2.58. The summed E-state index contributed by atoms with van der Waals surface area (Å²) in [6.07, 6.45) is 12.4. The zero-order valence-electron chi connectivity index (χ0n) is 20.8. The molecule has 0 spiro atoms. The molecule has 1 fully saturated rings. The van der Waals surface area contributed by atoms with E-state index in [0.717, 1.165) is 60.5 Å². The average Bonchev–Trinajstić information content (AvgIpc) is 3.11. The second-order valence-corrected chi connectivity index (χ2v) is 11.3. The van der Waals surface area contributed by atoms with E-state index in [-0.39, 0.29) is 12.0 Å². The fourth-order valence-electron chi connectivity index (χ4n) is 5.00. The number of thiazole rings is 1. The van der Waals surface area contributed by atoms with Crippen molar-refractivity contribution >= 4 is 23.5 Å². The van der Waals surface area contributed by atoms with E-state index >= 15 is 0 Å². The molecule has 0 bridgehead atoms. The molecule has 2 aromatic heterocycles. The summed E-state index contributed by atoms with van der Waals surface area (Å²) < 4.78 is 5.79. The molecular formula is C27H38N4O2S. The van der Waals surface area contributed by atoms with E-state index in [1.807, 2.05) is 33.1 Å². The number of pyridine rings is 1. The first-order valence-electron chi connectivity index (χ1n) is 12.8. The van der Waals surface area contributed by atoms with Gasteiger partial charge < -0.3 is 9.64 Å². The molecule has 1 saturated carbocycles. The normalized spacial score (nSPS) is 21.5. The summed E-state index contributed by atoms with van der Waals surface area (Å²) in [5, 5.41) is 0.997. The van der Waals surface area contributed by atoms with Crippen LogP contribution in [0.15, 0.2) is 23.3 Å². The quantitative estimate of drug-likeness (QED) is 0.491. The Bertz CT molecular complexity index is 979. The lowest BCUT2D eigenvalue weighted by Crippen LogP contribution is -2.29. The number of carbonyl (C=O) groups excluding carboxylic acids is 1. The van der Waals surface area contributed by atoms with E-state index < -0.39 is 0 Å². The third-order valence-electron chi connectivity index (χ3n) is 6.93. The van der Waals surface area contributed by atoms with Crippen molar-refractivity contribution in [1.82, 2.24) is 14.9 Å². The minimum Gasteiger partial charge on any atom is -0.475 e. The Balaban J connectivity index is 1.16. The largest absolute Gasteiger partial charge is 0.475 e. The number of amides is 1. The van der Waals surface area contributed by atoms with Crippen LogP contribution in [0.1, 0.15) is 67.1 Å². The summed E-state index contributed by atoms with van der Waals surface area (Å²) in [6.45, 7) is 9.40. The predicted octanol–water partition coefficient (Wildman–Crippen LogP) is 5.07. The molecule has 0 unspecified atom stereocenters. The number of aliphatic imine (C=N–C) groups is 1. The topological polar surface area (TPSA) is 67.7 Å². The van der Waals surface area contributed by atoms with Crippen molar-refractivity contribution in [3.8, 4) is 5.88 Å². The predicted molar refractivity (Wildman–Crippen MR) is 138 cm³/mol. The molecule has 6 nitrogen and oxygen atoms in total. The zero-order valence-corrected chi connectivity index (χ0v) is 21.6. The van der Waals surface area contributed by atoms with Gasteiger partial charge >= 0.3 is 0 Å². The van der Waals surface area contributed by atoms with Gasteiger partial charge in [-0.3, -0.25) is 4.79 Å². The van der Waals surface area contributed by atoms with Crippen molar-refractivity contribution in [1.29, 1.82) is 0 Å². The van der Waals surface area contributed by atoms with Crippen LogP contribution in [0.4, 0.5) is 0 Å². The molecule has 3 heterocycles. The van der Waals surface area contributed by atoms with E-state index in [0.29, 0.717) is 12.3 Å². The molecular weight excluding hydrogens is 444 g/mol. The summed E-state index contributed by atoms with van der Waals surface area (Å²) in [7, 11) is 0. The lowest BCUT2D eigenvalue weighted by atomic mass is 9.81. The number of aryl methyl sites for hydroxylation is 1. The second kappa shape index (κ2) is 12.0. The van der Waals surface area contributed by atoms with Gasteiger partial charge in [-0.1, -0.05) is 6.07 Å². The fraction of sp³-hybridized carbons (Fsp3) is 0.630. The molecule has 0 N–H and O–H groups in total. The minimum absolute atomic E-state index is 0.0506. The lowest BCUT2D eigenvalue weighted by Gasteiger charge is -2.28. The van der Waals surface area contributed by atoms with E-state index in [4.69, 9.17) is 9.72 Å². The number of hydrogen-bond donors (Lipinski definition) is 0. The fourth-order valence-corrected chi connectivity index (χ4v) is 5.79. The van der Waals surface area contributed by atoms with Crippen LogP contribution >= 0.6 is 11.3 Å². The van der Waals surface area contributed by atoms with Crippen LogP contribution in [0.25, 0.3) is 0 Å². The van der Waals surface area contributed by atoms with Crippen LogP contribution < -0.4 is 4.74 Å². The molecule has 0 radical (unpaired) electrons. The molecule has 184 valence electrons. The number of carbonyl (C=O) groups is 1. The third kappa shape index (κ3) is 7.44. The van der Waals surface area contributed by atoms with Gasteiger partial charge in [0.1, 0.15) is 0 Å². The van der Waals surface area contributed by atoms with Gasteiger partial charge in [-0.2, -0.15) is 0 Å². The molecule has 1 aliphatic carbocycles. The van der Waals surface area contributed by atoms with Gasteiger partial charge in [0.2, 0.25) is 5.88 Å². The first-order chi connectivity index (χ1) is 16.4. The van der Waals surface area contributed by atoms with Crippen LogP contribution in [0.3, 0.4) is 0 Å². The summed E-state index contributed by atoms with van der Waals surface area (Å²) >= 11 is 1.58. The number of hydrogen-bond acceptors (Lipinski definition) is 6. The monoisotopic (exact) mass is 482 g/mol. The van der Waals surface area contributed by atoms with Crippen molar-refractivity contribution in [3.05, 3.63) is 39.5 Å². The van der Waals surface area contributed by atoms with Crippen molar-refractivity contribution in [2.75, 3.05) is 19.6 Å². The van der Waals surface area contributed by atoms with E-state index in [1.54, 1.807) is 17.5 Å². The Kier molecular flexibility index (Phi) is 8.84. The lowest BCUT2D eigenvalue weighted by molar-refractivity contribution is -0.117. The standard InChI is InChI=1S/C27H38N4O2S/c1-19(2)33-27-9-8-23-11-14-31(15-12-25(23)30-27)13-10-21-4-6-22(7-5-21)17-29-26(32)16-24-18-28-20(3)34-24/h8-9,17-19,21-22H,4-7,10-16H2,1-3H3. The molecule has 4 rings (SSSR count). The van der Waals surface area contributed by atoms with Crippen molar-refractivity contribution < 1.29 is 9.53 Å². The number of aromatic nitrogens is 2. The molecule has 0 aromatic carbocycles. The number of ether oxygens (including phenoxy) is 1. The molecule has 7 heteroatoms. The summed E-state index contributed by atoms with van der Waals surface area (Å²) in [4.78, 5) is 29.0. The Hall–Kier alpha value is -2.12. The highest BCUT2D eigenvalue weighted by molar-refractivity contribution is 7.11. The highest BCUT2D eigenvalue weighted by Crippen LogP contribution is 2.30. The molecule has 34 heavy (non-hydrogen) atoms. The van der Waals surface area contributed by atoms with Crippen LogP contribution in [0.5, 0.6) is 5.88 Å². The maximum absolute atomic E-state index is 12.1. The summed E-state index contributed by atoms with van der Waals surface area (Å²) in [6, 6.07) is 4.22. The number of fused-ring (bicyclic) bond motifs is 1. The molecule has 0 atom stereocenters. The Labute approximate surface area is 207 Å². The smallest absolute Gasteiger partial charge is 0.250 e. The SMILES string of the molecule is Cc1ncc(CC(=O)N=CC2CCC(CCN3CCc4ccc(OC(C)C)nc4CC3)CC2)s1. The van der Waals surface area contributed by atoms with Crippen molar-refractivity contribution in [2.24, 2.45) is 16.8 Å². The third-order valence-corrected chi connectivity index (χ3v) is 7.84. The Morgan fingerprint density at radius 2 is 2.03 bits per heavy atom. The highest BCUT2D eigenvalue weighted by Gasteiger charge is 2.22. The van der Waals surface area contributed by atoms with Crippen LogP contribution in [-0.2, 0) is 24.1 Å². The summed E-state index contributed by atoms with van der Waals surface area (Å²) in [5.74, 6) is 1.94. The van der Waals surface area contributed by atoms with E-state index in [2.05, 4.69) is 20.9 Å². The van der Waals surface area contributed by atoms with Crippen molar-refractivity contribution in [3.63, 3.8) is 0 Å². The minimum atomic E-state index is -0.0506. The molecule has 1 aliphatic heterocycles. The Morgan fingerprint density at radius 1 is 1.24 bits per heavy atom. The first kappa shape index (κ1) is 25.0. The molecule has 0 saturated heterocycles. The maximum atomic E-state index is 12.1. The van der Waals surface area contributed by atoms with Gasteiger partial charge in [-0.25, -0.2) is 15.0 Å².